The number of carboxylic acids is 1. The summed E-state index contributed by atoms with van der Waals surface area (Å²) in [5.41, 5.74) is -3.43. The molecule has 3 unspecified atom stereocenters. The van der Waals surface area contributed by atoms with Crippen LogP contribution in [0.1, 0.15) is 12.6 Å². The van der Waals surface area contributed by atoms with E-state index in [2.05, 4.69) is 12.2 Å². The maximum Gasteiger partial charge on any atom is 0.582 e. The second-order valence-electron chi connectivity index (χ2n) is 6.51. The van der Waals surface area contributed by atoms with Crippen LogP contribution in [-0.2, 0) is 37.5 Å². The fourth-order valence-electron chi connectivity index (χ4n) is 2.92. The number of hydrogen-bond acceptors (Lipinski definition) is 10. The van der Waals surface area contributed by atoms with E-state index in [9.17, 15) is 38.2 Å². The van der Waals surface area contributed by atoms with Gasteiger partial charge in [-0.05, 0) is 4.57 Å². The third-order valence-corrected chi connectivity index (χ3v) is 5.91. The first-order chi connectivity index (χ1) is 15.3. The van der Waals surface area contributed by atoms with Crippen molar-refractivity contribution in [1.82, 2.24) is 14.9 Å². The van der Waals surface area contributed by atoms with Gasteiger partial charge in [-0.25, -0.2) is 9.59 Å². The summed E-state index contributed by atoms with van der Waals surface area (Å²) in [5, 5.41) is 11.1. The van der Waals surface area contributed by atoms with Crippen molar-refractivity contribution in [1.29, 1.82) is 0 Å². The highest BCUT2D eigenvalue weighted by Gasteiger charge is 2.54. The maximum atomic E-state index is 12.8. The molecule has 1 aromatic rings. The molecule has 0 saturated carbocycles. The molecule has 1 aliphatic heterocycles. The van der Waals surface area contributed by atoms with Crippen LogP contribution >= 0.6 is 27.1 Å². The van der Waals surface area contributed by atoms with Gasteiger partial charge in [-0.15, -0.1) is 4.52 Å². The molecule has 0 radical (unpaired) electrons. The second-order valence-corrected chi connectivity index (χ2v) is 9.77. The molecule has 5 N–H and O–H groups in total. The minimum atomic E-state index is -5.27. The van der Waals surface area contributed by atoms with Crippen molar-refractivity contribution >= 4 is 44.5 Å². The lowest BCUT2D eigenvalue weighted by molar-refractivity contribution is -0.146. The molecule has 0 aromatic carbocycles. The molecule has 1 aliphatic rings. The van der Waals surface area contributed by atoms with E-state index in [4.69, 9.17) is 23.8 Å². The molecule has 19 heteroatoms. The number of carboxylic acid groups (broad SMARTS) is 1. The number of methoxy groups -OCH3 is 1. The molecule has 1 saturated heterocycles. The van der Waals surface area contributed by atoms with Crippen LogP contribution in [0.4, 0.5) is 0 Å². The van der Waals surface area contributed by atoms with Crippen molar-refractivity contribution in [2.45, 2.75) is 37.0 Å². The number of aromatic amines is 1. The number of thiol groups is 1. The molecule has 16 nitrogen and oxygen atoms in total. The first kappa shape index (κ1) is 27.0. The van der Waals surface area contributed by atoms with Gasteiger partial charge in [0.05, 0.1) is 0 Å². The lowest BCUT2D eigenvalue weighted by atomic mass is 10.1. The Balaban J connectivity index is 2.37. The molecule has 1 aromatic heterocycles. The Hall–Kier alpha value is -2.23. The quantitative estimate of drug-likeness (QED) is 0.143. The third kappa shape index (κ3) is 6.65. The Morgan fingerprint density at radius 3 is 2.48 bits per heavy atom. The van der Waals surface area contributed by atoms with Gasteiger partial charge in [0.2, 0.25) is 5.52 Å². The topological polar surface area (TPSA) is 241 Å². The van der Waals surface area contributed by atoms with Gasteiger partial charge in [-0.3, -0.25) is 28.5 Å². The highest BCUT2D eigenvalue weighted by atomic mass is 32.7. The number of H-pyrrole nitrogens is 1. The Morgan fingerprint density at radius 1 is 1.36 bits per heavy atom. The zero-order valence-electron chi connectivity index (χ0n) is 16.5. The van der Waals surface area contributed by atoms with Crippen LogP contribution < -0.4 is 16.6 Å². The molecule has 0 spiro atoms. The molecule has 6 atom stereocenters. The zero-order valence-corrected chi connectivity index (χ0v) is 19.1. The van der Waals surface area contributed by atoms with Crippen molar-refractivity contribution in [2.75, 3.05) is 7.11 Å². The molecular weight excluding hydrogens is 512 g/mol. The second kappa shape index (κ2) is 10.8. The highest BCUT2D eigenvalue weighted by molar-refractivity contribution is 8.39. The average Bonchev–Trinajstić information content (AvgIpc) is 3.03. The van der Waals surface area contributed by atoms with Gasteiger partial charge in [-0.2, -0.15) is 0 Å². The van der Waals surface area contributed by atoms with Crippen molar-refractivity contribution in [2.24, 2.45) is 0 Å². The standard InChI is InChI=1S/C14H17N3O13P2S/c1-28-10-8(30-31(24)33)9(29-12(10)17-3-2-6(18)16-14(17)23)11(20)15-5(13(21)22)4-7(19)32(25,26)27/h2-3,5,8-10,12H,4H2,1H3,(H5-,15,16,18,20,21,22,23,24,25,26,27,33)/p+1/t5-,8?,9+,10?,12-/m1/s1. The molecule has 0 bridgehead atoms. The first-order valence-corrected chi connectivity index (χ1v) is 12.6. The van der Waals surface area contributed by atoms with Crippen molar-refractivity contribution in [3.05, 3.63) is 33.1 Å². The number of carbonyl (C=O) groups excluding carboxylic acids is 2. The van der Waals surface area contributed by atoms with Crippen LogP contribution in [0.15, 0.2) is 21.9 Å². The van der Waals surface area contributed by atoms with E-state index in [0.29, 0.717) is 0 Å². The summed E-state index contributed by atoms with van der Waals surface area (Å²) in [6.45, 7) is 0. The summed E-state index contributed by atoms with van der Waals surface area (Å²) < 4.78 is 39.2. The van der Waals surface area contributed by atoms with Crippen LogP contribution in [0.2, 0.25) is 0 Å². The number of amides is 1. The summed E-state index contributed by atoms with van der Waals surface area (Å²) in [4.78, 5) is 78.8. The Morgan fingerprint density at radius 2 is 2.00 bits per heavy atom. The molecule has 33 heavy (non-hydrogen) atoms. The minimum Gasteiger partial charge on any atom is -0.480 e. The molecule has 2 heterocycles. The molecule has 0 aliphatic carbocycles. The SMILES string of the molecule is COC1C(O[P+](=O)S)[C@@H](C(=O)N[C@H](CC(=O)P(=O)(O)O)C(=O)O)O[C@H]1n1ccc(=O)[nH]c1=O. The largest absolute Gasteiger partial charge is 0.582 e. The Labute approximate surface area is 189 Å². The van der Waals surface area contributed by atoms with Crippen LogP contribution in [0.3, 0.4) is 0 Å². The Kier molecular flexibility index (Phi) is 8.84. The van der Waals surface area contributed by atoms with Crippen molar-refractivity contribution in [3.63, 3.8) is 0 Å². The van der Waals surface area contributed by atoms with Gasteiger partial charge in [0.15, 0.2) is 18.4 Å². The molecular formula is C14H18N3O13P2S+. The van der Waals surface area contributed by atoms with Crippen LogP contribution in [0, 0.1) is 0 Å². The van der Waals surface area contributed by atoms with E-state index in [0.717, 1.165) is 23.9 Å². The van der Waals surface area contributed by atoms with Gasteiger partial charge in [0.1, 0.15) is 24.4 Å². The predicted molar refractivity (Wildman–Crippen MR) is 109 cm³/mol. The van der Waals surface area contributed by atoms with E-state index in [1.807, 2.05) is 10.3 Å². The van der Waals surface area contributed by atoms with Gasteiger partial charge in [-0.1, -0.05) is 0 Å². The number of ether oxygens (including phenoxy) is 2. The number of hydrogen-bond donors (Lipinski definition) is 6. The summed E-state index contributed by atoms with van der Waals surface area (Å²) in [7, 11) is -6.80. The van der Waals surface area contributed by atoms with Gasteiger partial charge < -0.3 is 29.7 Å². The monoisotopic (exact) mass is 530 g/mol. The fraction of sp³-hybridized carbons (Fsp3) is 0.500. The van der Waals surface area contributed by atoms with E-state index >= 15 is 0 Å². The number of rotatable bonds is 10. The molecule has 1 amide bonds. The van der Waals surface area contributed by atoms with E-state index in [1.165, 1.54) is 0 Å². The average molecular weight is 530 g/mol. The summed E-state index contributed by atoms with van der Waals surface area (Å²) >= 11 is 3.59. The van der Waals surface area contributed by atoms with E-state index < -0.39 is 80.5 Å². The highest BCUT2D eigenvalue weighted by Crippen LogP contribution is 2.40. The van der Waals surface area contributed by atoms with Crippen LogP contribution in [0.5, 0.6) is 0 Å². The van der Waals surface area contributed by atoms with Gasteiger partial charge in [0, 0.05) is 25.8 Å². The Bertz CT molecular complexity index is 1110. The smallest absolute Gasteiger partial charge is 0.480 e. The van der Waals surface area contributed by atoms with Gasteiger partial charge in [0.25, 0.3) is 11.5 Å². The van der Waals surface area contributed by atoms with Gasteiger partial charge >= 0.3 is 26.5 Å². The lowest BCUT2D eigenvalue weighted by Crippen LogP contribution is -2.50. The van der Waals surface area contributed by atoms with E-state index in [1.54, 1.807) is 0 Å². The third-order valence-electron chi connectivity index (χ3n) is 4.38. The minimum absolute atomic E-state index is 0.734. The first-order valence-electron chi connectivity index (χ1n) is 8.71. The number of aromatic nitrogens is 2. The molecule has 1 fully saturated rings. The molecule has 2 rings (SSSR count). The fourth-order valence-corrected chi connectivity index (χ4v) is 4.11. The number of nitrogens with zero attached hydrogens (tertiary/aromatic N) is 1. The van der Waals surface area contributed by atoms with Crippen LogP contribution in [0.25, 0.3) is 0 Å². The normalized spacial score (nSPS) is 24.2. The van der Waals surface area contributed by atoms with Crippen molar-refractivity contribution < 1.29 is 52.4 Å². The summed E-state index contributed by atoms with van der Waals surface area (Å²) in [6.07, 6.45) is -6.25. The summed E-state index contributed by atoms with van der Waals surface area (Å²) in [6, 6.07) is -1.10. The lowest BCUT2D eigenvalue weighted by Gasteiger charge is -2.19. The molecule has 182 valence electrons. The zero-order chi connectivity index (χ0) is 25.1. The van der Waals surface area contributed by atoms with E-state index in [-0.39, 0.29) is 0 Å². The van der Waals surface area contributed by atoms with Crippen molar-refractivity contribution in [3.8, 4) is 0 Å². The number of carbonyl (C=O) groups is 3. The summed E-state index contributed by atoms with van der Waals surface area (Å²) in [5.74, 6) is -3.05. The van der Waals surface area contributed by atoms with Crippen LogP contribution in [-0.4, -0.2) is 73.3 Å². The predicted octanol–water partition coefficient (Wildman–Crippen LogP) is -1.91. The maximum absolute atomic E-state index is 12.8. The number of nitrogens with one attached hydrogen (secondary N) is 2. The number of aliphatic carboxylic acids is 1.